The lowest BCUT2D eigenvalue weighted by molar-refractivity contribution is 0.614. The predicted molar refractivity (Wildman–Crippen MR) is 66.4 cm³/mol. The van der Waals surface area contributed by atoms with Crippen LogP contribution in [-0.4, -0.2) is 8.42 Å². The molecule has 0 unspecified atom stereocenters. The molecule has 1 saturated carbocycles. The van der Waals surface area contributed by atoms with Crippen molar-refractivity contribution in [1.29, 1.82) is 0 Å². The third kappa shape index (κ3) is 2.77. The molecule has 1 radical (unpaired) electrons. The van der Waals surface area contributed by atoms with E-state index < -0.39 is 10.7 Å². The van der Waals surface area contributed by atoms with E-state index in [1.165, 1.54) is 12.0 Å². The van der Waals surface area contributed by atoms with E-state index in [2.05, 4.69) is 6.42 Å². The second kappa shape index (κ2) is 5.19. The van der Waals surface area contributed by atoms with E-state index in [1.807, 2.05) is 18.2 Å². The monoisotopic (exact) mass is 257 g/mol. The Morgan fingerprint density at radius 1 is 1.38 bits per heavy atom. The van der Waals surface area contributed by atoms with Gasteiger partial charge in [0, 0.05) is 5.02 Å². The Hall–Kier alpha value is -0.540. The van der Waals surface area contributed by atoms with E-state index >= 15 is 0 Å². The smallest absolute Gasteiger partial charge is 0.144 e. The second-order valence-corrected chi connectivity index (χ2v) is 5.53. The SMILES string of the molecule is O=[SH](=O)Cc1ccc([C@@H]2C[CH]CC2)cc1Cl. The summed E-state index contributed by atoms with van der Waals surface area (Å²) in [6.45, 7) is 0. The Bertz CT molecular complexity index is 440. The molecule has 1 fully saturated rings. The van der Waals surface area contributed by atoms with Crippen molar-refractivity contribution < 1.29 is 8.42 Å². The molecular weight excluding hydrogens is 244 g/mol. The Kier molecular flexibility index (Phi) is 3.87. The van der Waals surface area contributed by atoms with Crippen molar-refractivity contribution in [2.75, 3.05) is 0 Å². The lowest BCUT2D eigenvalue weighted by Gasteiger charge is -2.11. The molecule has 0 bridgehead atoms. The number of halogens is 1. The van der Waals surface area contributed by atoms with E-state index in [0.717, 1.165) is 12.8 Å². The summed E-state index contributed by atoms with van der Waals surface area (Å²) >= 11 is 6.07. The lowest BCUT2D eigenvalue weighted by Crippen LogP contribution is -1.95. The van der Waals surface area contributed by atoms with Crippen LogP contribution in [0.25, 0.3) is 0 Å². The molecule has 87 valence electrons. The fourth-order valence-corrected chi connectivity index (χ4v) is 3.05. The van der Waals surface area contributed by atoms with Crippen LogP contribution in [0.1, 0.15) is 36.3 Å². The Balaban J connectivity index is 2.21. The molecule has 2 nitrogen and oxygen atoms in total. The van der Waals surface area contributed by atoms with E-state index in [1.54, 1.807) is 0 Å². The number of benzene rings is 1. The lowest BCUT2D eigenvalue weighted by atomic mass is 9.97. The molecule has 1 aliphatic rings. The van der Waals surface area contributed by atoms with Crippen molar-refractivity contribution in [3.63, 3.8) is 0 Å². The van der Waals surface area contributed by atoms with Crippen LogP contribution < -0.4 is 0 Å². The third-order valence-electron chi connectivity index (χ3n) is 3.02. The summed E-state index contributed by atoms with van der Waals surface area (Å²) in [5, 5.41) is 0.573. The minimum Gasteiger partial charge on any atom is -0.232 e. The molecule has 0 amide bonds. The largest absolute Gasteiger partial charge is 0.232 e. The molecule has 0 spiro atoms. The van der Waals surface area contributed by atoms with Crippen LogP contribution >= 0.6 is 11.6 Å². The average molecular weight is 258 g/mol. The van der Waals surface area contributed by atoms with Gasteiger partial charge >= 0.3 is 0 Å². The molecule has 0 saturated heterocycles. The first kappa shape index (κ1) is 11.9. The molecule has 0 heterocycles. The summed E-state index contributed by atoms with van der Waals surface area (Å²) < 4.78 is 21.3. The highest BCUT2D eigenvalue weighted by Crippen LogP contribution is 2.35. The van der Waals surface area contributed by atoms with Crippen molar-refractivity contribution in [3.8, 4) is 0 Å². The second-order valence-electron chi connectivity index (χ2n) is 4.14. The van der Waals surface area contributed by atoms with E-state index in [4.69, 9.17) is 11.6 Å². The maximum atomic E-state index is 10.6. The zero-order valence-corrected chi connectivity index (χ0v) is 10.5. The molecule has 0 aliphatic heterocycles. The summed E-state index contributed by atoms with van der Waals surface area (Å²) in [6.07, 6.45) is 5.73. The molecule has 1 atom stereocenters. The van der Waals surface area contributed by atoms with Gasteiger partial charge in [-0.25, -0.2) is 8.42 Å². The molecule has 1 aromatic rings. The summed E-state index contributed by atoms with van der Waals surface area (Å²) in [6, 6.07) is 5.75. The van der Waals surface area contributed by atoms with Gasteiger partial charge in [-0.3, -0.25) is 0 Å². The number of hydrogen-bond acceptors (Lipinski definition) is 2. The highest BCUT2D eigenvalue weighted by atomic mass is 35.5. The highest BCUT2D eigenvalue weighted by molar-refractivity contribution is 7.71. The first-order valence-electron chi connectivity index (χ1n) is 5.38. The van der Waals surface area contributed by atoms with Gasteiger partial charge in [-0.1, -0.05) is 23.7 Å². The van der Waals surface area contributed by atoms with Gasteiger partial charge in [0.05, 0.1) is 5.75 Å². The van der Waals surface area contributed by atoms with E-state index in [-0.39, 0.29) is 5.75 Å². The zero-order chi connectivity index (χ0) is 11.5. The van der Waals surface area contributed by atoms with Crippen molar-refractivity contribution in [2.24, 2.45) is 0 Å². The number of hydrogen-bond donors (Lipinski definition) is 1. The molecule has 16 heavy (non-hydrogen) atoms. The molecule has 2 rings (SSSR count). The van der Waals surface area contributed by atoms with Crippen LogP contribution in [0.5, 0.6) is 0 Å². The maximum Gasteiger partial charge on any atom is 0.144 e. The van der Waals surface area contributed by atoms with Crippen molar-refractivity contribution in [2.45, 2.75) is 30.9 Å². The quantitative estimate of drug-likeness (QED) is 0.845. The number of rotatable bonds is 3. The standard InChI is InChI=1S/C12H14ClO2S/c13-12-7-10(9-3-1-2-4-9)5-6-11(12)8-16(14)15/h1,5-7,9,16H,2-4,8H2/t9-/m1/s1. The number of thiol groups is 1. The van der Waals surface area contributed by atoms with E-state index in [9.17, 15) is 8.42 Å². The molecule has 0 aromatic heterocycles. The predicted octanol–water partition coefficient (Wildman–Crippen LogP) is 2.92. The van der Waals surface area contributed by atoms with Crippen LogP contribution in [0.4, 0.5) is 0 Å². The normalized spacial score (nSPS) is 17.1. The van der Waals surface area contributed by atoms with Gasteiger partial charge in [-0.05, 0) is 48.8 Å². The Labute approximate surface area is 103 Å². The van der Waals surface area contributed by atoms with Gasteiger partial charge in [0.2, 0.25) is 0 Å². The highest BCUT2D eigenvalue weighted by Gasteiger charge is 2.17. The fourth-order valence-electron chi connectivity index (χ4n) is 2.14. The fraction of sp³-hybridized carbons (Fsp3) is 0.417. The van der Waals surface area contributed by atoms with Crippen molar-refractivity contribution >= 4 is 22.3 Å². The molecule has 0 N–H and O–H groups in total. The minimum atomic E-state index is -2.40. The van der Waals surface area contributed by atoms with Gasteiger partial charge in [0.25, 0.3) is 0 Å². The summed E-state index contributed by atoms with van der Waals surface area (Å²) in [5.74, 6) is 0.596. The topological polar surface area (TPSA) is 34.1 Å². The molecule has 1 aliphatic carbocycles. The van der Waals surface area contributed by atoms with Gasteiger partial charge in [0.15, 0.2) is 0 Å². The van der Waals surface area contributed by atoms with Gasteiger partial charge < -0.3 is 0 Å². The molecular formula is C12H14ClO2S. The zero-order valence-electron chi connectivity index (χ0n) is 8.86. The molecule has 1 aromatic carbocycles. The van der Waals surface area contributed by atoms with Crippen molar-refractivity contribution in [1.82, 2.24) is 0 Å². The molecule has 4 heteroatoms. The van der Waals surface area contributed by atoms with Crippen LogP contribution in [0.2, 0.25) is 5.02 Å². The van der Waals surface area contributed by atoms with E-state index in [0.29, 0.717) is 16.5 Å². The minimum absolute atomic E-state index is 0.0330. The summed E-state index contributed by atoms with van der Waals surface area (Å²) in [7, 11) is -2.40. The van der Waals surface area contributed by atoms with Crippen molar-refractivity contribution in [3.05, 3.63) is 40.8 Å². The third-order valence-corrected chi connectivity index (χ3v) is 3.97. The van der Waals surface area contributed by atoms with Gasteiger partial charge in [-0.15, -0.1) is 0 Å². The van der Waals surface area contributed by atoms with Gasteiger partial charge in [-0.2, -0.15) is 0 Å². The summed E-state index contributed by atoms with van der Waals surface area (Å²) in [5.41, 5.74) is 1.92. The maximum absolute atomic E-state index is 10.6. The summed E-state index contributed by atoms with van der Waals surface area (Å²) in [4.78, 5) is 0. The first-order valence-corrected chi connectivity index (χ1v) is 7.12. The Morgan fingerprint density at radius 2 is 2.19 bits per heavy atom. The van der Waals surface area contributed by atoms with Gasteiger partial charge in [0.1, 0.15) is 10.7 Å². The van der Waals surface area contributed by atoms with Crippen LogP contribution in [0, 0.1) is 6.42 Å². The van der Waals surface area contributed by atoms with Crippen LogP contribution in [-0.2, 0) is 16.5 Å². The first-order chi connectivity index (χ1) is 7.66. The van der Waals surface area contributed by atoms with Crippen LogP contribution in [0.3, 0.4) is 0 Å². The van der Waals surface area contributed by atoms with Crippen LogP contribution in [0.15, 0.2) is 18.2 Å². The Morgan fingerprint density at radius 3 is 2.75 bits per heavy atom. The average Bonchev–Trinajstić information content (AvgIpc) is 2.73.